The Hall–Kier alpha value is -2.74. The van der Waals surface area contributed by atoms with Crippen molar-refractivity contribution >= 4 is 32.6 Å². The SMILES string of the molecule is Cc1ccc2c(C)c(C(=O)N(Cc3ccc(N4CCCCC4)o3)C3CCS(=O)(=O)C3)oc2c1. The molecule has 1 atom stereocenters. The summed E-state index contributed by atoms with van der Waals surface area (Å²) in [5, 5.41) is 0.897. The number of sulfone groups is 1. The number of furan rings is 2. The van der Waals surface area contributed by atoms with Crippen molar-refractivity contribution in [3.05, 3.63) is 53.0 Å². The molecule has 2 aliphatic heterocycles. The predicted octanol–water partition coefficient (Wildman–Crippen LogP) is 4.46. The van der Waals surface area contributed by atoms with Gasteiger partial charge in [0.15, 0.2) is 21.5 Å². The quantitative estimate of drug-likeness (QED) is 0.547. The van der Waals surface area contributed by atoms with Crippen LogP contribution in [0.2, 0.25) is 0 Å². The van der Waals surface area contributed by atoms with E-state index in [4.69, 9.17) is 8.83 Å². The van der Waals surface area contributed by atoms with Crippen LogP contribution >= 0.6 is 0 Å². The van der Waals surface area contributed by atoms with Crippen molar-refractivity contribution in [3.63, 3.8) is 0 Å². The lowest BCUT2D eigenvalue weighted by Gasteiger charge is -2.27. The van der Waals surface area contributed by atoms with Gasteiger partial charge in [-0.05, 0) is 57.2 Å². The first kappa shape index (κ1) is 22.1. The highest BCUT2D eigenvalue weighted by molar-refractivity contribution is 7.91. The third kappa shape index (κ3) is 4.40. The molecule has 8 heteroatoms. The molecular formula is C25H30N2O5S. The van der Waals surface area contributed by atoms with E-state index < -0.39 is 15.9 Å². The minimum Gasteiger partial charge on any atom is -0.451 e. The van der Waals surface area contributed by atoms with Crippen LogP contribution in [0, 0.1) is 13.8 Å². The second-order valence-electron chi connectivity index (χ2n) is 9.33. The lowest BCUT2D eigenvalue weighted by atomic mass is 10.1. The molecule has 0 aliphatic carbocycles. The van der Waals surface area contributed by atoms with Crippen LogP contribution in [0.15, 0.2) is 39.2 Å². The fourth-order valence-electron chi connectivity index (χ4n) is 4.96. The molecule has 5 rings (SSSR count). The van der Waals surface area contributed by atoms with E-state index in [0.717, 1.165) is 48.3 Å². The zero-order valence-corrected chi connectivity index (χ0v) is 20.0. The van der Waals surface area contributed by atoms with E-state index >= 15 is 0 Å². The largest absolute Gasteiger partial charge is 0.451 e. The van der Waals surface area contributed by atoms with Gasteiger partial charge in [0, 0.05) is 36.1 Å². The first-order valence-corrected chi connectivity index (χ1v) is 13.5. The van der Waals surface area contributed by atoms with Crippen molar-refractivity contribution in [2.24, 2.45) is 0 Å². The van der Waals surface area contributed by atoms with Crippen LogP contribution in [0.3, 0.4) is 0 Å². The Labute approximate surface area is 194 Å². The van der Waals surface area contributed by atoms with E-state index in [9.17, 15) is 13.2 Å². The van der Waals surface area contributed by atoms with Crippen LogP contribution in [-0.2, 0) is 16.4 Å². The van der Waals surface area contributed by atoms with Crippen LogP contribution < -0.4 is 4.90 Å². The first-order valence-electron chi connectivity index (χ1n) is 11.7. The van der Waals surface area contributed by atoms with Gasteiger partial charge in [-0.15, -0.1) is 0 Å². The summed E-state index contributed by atoms with van der Waals surface area (Å²) in [4.78, 5) is 17.6. The van der Waals surface area contributed by atoms with Crippen LogP contribution in [0.1, 0.15) is 53.1 Å². The van der Waals surface area contributed by atoms with Crippen molar-refractivity contribution < 1.29 is 22.0 Å². The number of hydrogen-bond donors (Lipinski definition) is 0. The number of hydrogen-bond acceptors (Lipinski definition) is 6. The van der Waals surface area contributed by atoms with Crippen LogP contribution in [0.25, 0.3) is 11.0 Å². The van der Waals surface area contributed by atoms with E-state index in [2.05, 4.69) is 4.90 Å². The Bertz CT molecular complexity index is 1280. The third-order valence-electron chi connectivity index (χ3n) is 6.84. The van der Waals surface area contributed by atoms with Crippen LogP contribution in [-0.4, -0.2) is 49.9 Å². The van der Waals surface area contributed by atoms with Gasteiger partial charge >= 0.3 is 0 Å². The molecule has 0 bridgehead atoms. The van der Waals surface area contributed by atoms with Gasteiger partial charge in [-0.2, -0.15) is 0 Å². The third-order valence-corrected chi connectivity index (χ3v) is 8.59. The molecule has 2 aliphatic rings. The van der Waals surface area contributed by atoms with E-state index in [0.29, 0.717) is 17.8 Å². The highest BCUT2D eigenvalue weighted by atomic mass is 32.2. The number of rotatable bonds is 5. The molecule has 1 unspecified atom stereocenters. The van der Waals surface area contributed by atoms with Gasteiger partial charge in [0.05, 0.1) is 18.1 Å². The topological polar surface area (TPSA) is 84.0 Å². The fourth-order valence-corrected chi connectivity index (χ4v) is 6.69. The maximum absolute atomic E-state index is 13.7. The Morgan fingerprint density at radius 3 is 2.61 bits per heavy atom. The van der Waals surface area contributed by atoms with Gasteiger partial charge in [-0.25, -0.2) is 8.42 Å². The number of fused-ring (bicyclic) bond motifs is 1. The van der Waals surface area contributed by atoms with Gasteiger partial charge in [0.25, 0.3) is 5.91 Å². The normalized spacial score (nSPS) is 20.4. The Balaban J connectivity index is 1.46. The summed E-state index contributed by atoms with van der Waals surface area (Å²) in [6.07, 6.45) is 3.95. The summed E-state index contributed by atoms with van der Waals surface area (Å²) in [7, 11) is -3.16. The number of aryl methyl sites for hydroxylation is 2. The Kier molecular flexibility index (Phi) is 5.72. The summed E-state index contributed by atoms with van der Waals surface area (Å²) in [5.74, 6) is 1.50. The zero-order chi connectivity index (χ0) is 23.2. The number of nitrogens with zero attached hydrogens (tertiary/aromatic N) is 2. The lowest BCUT2D eigenvalue weighted by molar-refractivity contribution is 0.0635. The maximum atomic E-state index is 13.7. The highest BCUT2D eigenvalue weighted by Crippen LogP contribution is 2.31. The molecule has 0 N–H and O–H groups in total. The average Bonchev–Trinajstić information content (AvgIpc) is 3.49. The van der Waals surface area contributed by atoms with Crippen molar-refractivity contribution in [2.75, 3.05) is 29.5 Å². The van der Waals surface area contributed by atoms with Gasteiger partial charge < -0.3 is 18.6 Å². The van der Waals surface area contributed by atoms with Crippen molar-refractivity contribution in [1.29, 1.82) is 0 Å². The number of carbonyl (C=O) groups is 1. The van der Waals surface area contributed by atoms with Crippen molar-refractivity contribution in [2.45, 2.75) is 52.1 Å². The van der Waals surface area contributed by atoms with Crippen LogP contribution in [0.5, 0.6) is 0 Å². The molecule has 3 aromatic rings. The molecule has 1 amide bonds. The molecule has 4 heterocycles. The highest BCUT2D eigenvalue weighted by Gasteiger charge is 2.37. The molecule has 7 nitrogen and oxygen atoms in total. The average molecular weight is 471 g/mol. The smallest absolute Gasteiger partial charge is 0.290 e. The summed E-state index contributed by atoms with van der Waals surface area (Å²) in [5.41, 5.74) is 2.49. The summed E-state index contributed by atoms with van der Waals surface area (Å²) in [6, 6.07) is 9.31. The number of benzene rings is 1. The summed E-state index contributed by atoms with van der Waals surface area (Å²) >= 11 is 0. The summed E-state index contributed by atoms with van der Waals surface area (Å²) < 4.78 is 36.5. The van der Waals surface area contributed by atoms with E-state index in [-0.39, 0.29) is 29.7 Å². The molecule has 0 spiro atoms. The Morgan fingerprint density at radius 1 is 1.09 bits per heavy atom. The molecule has 2 saturated heterocycles. The standard InChI is InChI=1S/C25H30N2O5S/c1-17-6-8-21-18(2)24(32-22(21)14-17)25(28)27(19-10-13-33(29,30)16-19)15-20-7-9-23(31-20)26-11-4-3-5-12-26/h6-9,14,19H,3-5,10-13,15-16H2,1-2H3. The number of carbonyl (C=O) groups excluding carboxylic acids is 1. The lowest BCUT2D eigenvalue weighted by Crippen LogP contribution is -2.40. The van der Waals surface area contributed by atoms with Crippen molar-refractivity contribution in [1.82, 2.24) is 4.90 Å². The minimum atomic E-state index is -3.16. The predicted molar refractivity (Wildman–Crippen MR) is 127 cm³/mol. The van der Waals surface area contributed by atoms with Gasteiger partial charge in [-0.1, -0.05) is 12.1 Å². The molecular weight excluding hydrogens is 440 g/mol. The van der Waals surface area contributed by atoms with Crippen LogP contribution in [0.4, 0.5) is 5.88 Å². The zero-order valence-electron chi connectivity index (χ0n) is 19.2. The van der Waals surface area contributed by atoms with Crippen molar-refractivity contribution in [3.8, 4) is 0 Å². The molecule has 0 radical (unpaired) electrons. The summed E-state index contributed by atoms with van der Waals surface area (Å²) in [6.45, 7) is 6.00. The maximum Gasteiger partial charge on any atom is 0.290 e. The first-order chi connectivity index (χ1) is 15.8. The molecule has 0 saturated carbocycles. The number of piperidine rings is 1. The minimum absolute atomic E-state index is 0.0309. The molecule has 33 heavy (non-hydrogen) atoms. The molecule has 1 aromatic carbocycles. The molecule has 176 valence electrons. The monoisotopic (exact) mass is 470 g/mol. The molecule has 2 fully saturated rings. The van der Waals surface area contributed by atoms with Gasteiger partial charge in [0.2, 0.25) is 0 Å². The van der Waals surface area contributed by atoms with E-state index in [1.54, 1.807) is 4.90 Å². The number of amides is 1. The fraction of sp³-hybridized carbons (Fsp3) is 0.480. The second kappa shape index (κ2) is 8.56. The van der Waals surface area contributed by atoms with Gasteiger partial charge in [-0.3, -0.25) is 4.79 Å². The Morgan fingerprint density at radius 2 is 1.88 bits per heavy atom. The van der Waals surface area contributed by atoms with Gasteiger partial charge in [0.1, 0.15) is 11.3 Å². The molecule has 2 aromatic heterocycles. The second-order valence-corrected chi connectivity index (χ2v) is 11.6. The van der Waals surface area contributed by atoms with E-state index in [1.165, 1.54) is 6.42 Å². The van der Waals surface area contributed by atoms with E-state index in [1.807, 2.05) is 44.2 Å². The number of anilines is 1.